The van der Waals surface area contributed by atoms with Crippen LogP contribution < -0.4 is 10.6 Å². The van der Waals surface area contributed by atoms with E-state index in [1.807, 2.05) is 0 Å². The summed E-state index contributed by atoms with van der Waals surface area (Å²) in [5.41, 5.74) is 0. The molecular formula is C13H23N3O. The molecule has 2 N–H and O–H groups in total. The van der Waals surface area contributed by atoms with Crippen molar-refractivity contribution in [1.82, 2.24) is 15.5 Å². The van der Waals surface area contributed by atoms with E-state index in [0.717, 1.165) is 18.9 Å². The standard InChI is InChI=1S/C13H23N3O/c17-13(9-14-8-10-3-4-10)15-11-5-7-16-6-1-2-12(11)16/h10-12,14H,1-9H2,(H,15,17). The average molecular weight is 237 g/mol. The lowest BCUT2D eigenvalue weighted by Crippen LogP contribution is -2.45. The van der Waals surface area contributed by atoms with Crippen LogP contribution in [0.1, 0.15) is 32.1 Å². The summed E-state index contributed by atoms with van der Waals surface area (Å²) in [4.78, 5) is 14.3. The summed E-state index contributed by atoms with van der Waals surface area (Å²) in [6, 6.07) is 1.04. The first-order valence-electron chi connectivity index (χ1n) is 7.07. The Bertz CT molecular complexity index is 290. The molecule has 2 unspecified atom stereocenters. The molecule has 96 valence electrons. The molecule has 2 aliphatic heterocycles. The van der Waals surface area contributed by atoms with Crippen LogP contribution in [0.25, 0.3) is 0 Å². The van der Waals surface area contributed by atoms with Crippen LogP contribution in [0.3, 0.4) is 0 Å². The predicted molar refractivity (Wildman–Crippen MR) is 66.7 cm³/mol. The van der Waals surface area contributed by atoms with Crippen molar-refractivity contribution in [3.8, 4) is 0 Å². The zero-order valence-corrected chi connectivity index (χ0v) is 10.5. The van der Waals surface area contributed by atoms with Gasteiger partial charge in [-0.05, 0) is 51.1 Å². The SMILES string of the molecule is O=C(CNCC1CC1)NC1CCN2CCCC12. The summed E-state index contributed by atoms with van der Waals surface area (Å²) < 4.78 is 0. The first kappa shape index (κ1) is 11.5. The fourth-order valence-corrected chi connectivity index (χ4v) is 3.22. The molecule has 3 rings (SSSR count). The summed E-state index contributed by atoms with van der Waals surface area (Å²) in [5.74, 6) is 1.03. The molecule has 0 spiro atoms. The van der Waals surface area contributed by atoms with E-state index in [-0.39, 0.29) is 5.91 Å². The summed E-state index contributed by atoms with van der Waals surface area (Å²) in [6.07, 6.45) is 6.39. The fraction of sp³-hybridized carbons (Fsp3) is 0.923. The van der Waals surface area contributed by atoms with Gasteiger partial charge in [-0.15, -0.1) is 0 Å². The molecule has 2 heterocycles. The maximum atomic E-state index is 11.8. The number of carbonyl (C=O) groups is 1. The van der Waals surface area contributed by atoms with E-state index in [1.54, 1.807) is 0 Å². The van der Waals surface area contributed by atoms with Crippen molar-refractivity contribution in [3.63, 3.8) is 0 Å². The number of nitrogens with one attached hydrogen (secondary N) is 2. The third kappa shape index (κ3) is 2.80. The van der Waals surface area contributed by atoms with Gasteiger partial charge in [-0.1, -0.05) is 0 Å². The Kier molecular flexibility index (Phi) is 3.34. The molecule has 1 aliphatic carbocycles. The van der Waals surface area contributed by atoms with Gasteiger partial charge in [0.25, 0.3) is 0 Å². The van der Waals surface area contributed by atoms with E-state index in [9.17, 15) is 4.79 Å². The van der Waals surface area contributed by atoms with Gasteiger partial charge in [0.15, 0.2) is 0 Å². The molecule has 3 fully saturated rings. The second kappa shape index (κ2) is 4.94. The Morgan fingerprint density at radius 1 is 1.18 bits per heavy atom. The van der Waals surface area contributed by atoms with Gasteiger partial charge in [-0.2, -0.15) is 0 Å². The Morgan fingerprint density at radius 3 is 2.88 bits per heavy atom. The normalized spacial score (nSPS) is 32.7. The van der Waals surface area contributed by atoms with Gasteiger partial charge >= 0.3 is 0 Å². The molecule has 4 nitrogen and oxygen atoms in total. The van der Waals surface area contributed by atoms with Crippen molar-refractivity contribution < 1.29 is 4.79 Å². The van der Waals surface area contributed by atoms with Gasteiger partial charge in [0, 0.05) is 18.6 Å². The molecule has 0 aromatic carbocycles. The summed E-state index contributed by atoms with van der Waals surface area (Å²) in [7, 11) is 0. The fourth-order valence-electron chi connectivity index (χ4n) is 3.22. The lowest BCUT2D eigenvalue weighted by atomic mass is 10.1. The smallest absolute Gasteiger partial charge is 0.234 e. The summed E-state index contributed by atoms with van der Waals surface area (Å²) in [6.45, 7) is 3.93. The number of hydrogen-bond acceptors (Lipinski definition) is 3. The maximum absolute atomic E-state index is 11.8. The zero-order valence-electron chi connectivity index (χ0n) is 10.5. The number of amides is 1. The van der Waals surface area contributed by atoms with Gasteiger partial charge in [0.2, 0.25) is 5.91 Å². The minimum Gasteiger partial charge on any atom is -0.351 e. The van der Waals surface area contributed by atoms with Crippen LogP contribution in [-0.4, -0.2) is 49.1 Å². The van der Waals surface area contributed by atoms with Crippen LogP contribution in [0.15, 0.2) is 0 Å². The molecule has 4 heteroatoms. The van der Waals surface area contributed by atoms with Crippen LogP contribution in [0.4, 0.5) is 0 Å². The van der Waals surface area contributed by atoms with Crippen molar-refractivity contribution in [2.45, 2.75) is 44.2 Å². The first-order valence-corrected chi connectivity index (χ1v) is 7.07. The van der Waals surface area contributed by atoms with Crippen molar-refractivity contribution in [1.29, 1.82) is 0 Å². The molecule has 17 heavy (non-hydrogen) atoms. The minimum atomic E-state index is 0.185. The number of nitrogens with zero attached hydrogens (tertiary/aromatic N) is 1. The third-order valence-electron chi connectivity index (χ3n) is 4.37. The molecule has 1 amide bonds. The Hall–Kier alpha value is -0.610. The first-order chi connectivity index (χ1) is 8.33. The molecule has 0 aromatic heterocycles. The molecule has 0 radical (unpaired) electrons. The minimum absolute atomic E-state index is 0.185. The molecule has 1 saturated carbocycles. The van der Waals surface area contributed by atoms with Gasteiger partial charge in [0.05, 0.1) is 6.54 Å². The quantitative estimate of drug-likeness (QED) is 0.725. The molecule has 2 saturated heterocycles. The number of rotatable bonds is 5. The highest BCUT2D eigenvalue weighted by molar-refractivity contribution is 5.78. The summed E-state index contributed by atoms with van der Waals surface area (Å²) in [5, 5.41) is 6.46. The Balaban J connectivity index is 1.38. The molecular weight excluding hydrogens is 214 g/mol. The van der Waals surface area contributed by atoms with Crippen molar-refractivity contribution in [2.75, 3.05) is 26.2 Å². The average Bonchev–Trinajstić information content (AvgIpc) is 2.88. The molecule has 0 aromatic rings. The van der Waals surface area contributed by atoms with Gasteiger partial charge < -0.3 is 10.6 Å². The largest absolute Gasteiger partial charge is 0.351 e. The lowest BCUT2D eigenvalue weighted by molar-refractivity contribution is -0.121. The van der Waals surface area contributed by atoms with Crippen LogP contribution in [0, 0.1) is 5.92 Å². The highest BCUT2D eigenvalue weighted by Gasteiger charge is 2.37. The predicted octanol–water partition coefficient (Wildman–Crippen LogP) is 0.339. The Morgan fingerprint density at radius 2 is 2.06 bits per heavy atom. The monoisotopic (exact) mass is 237 g/mol. The third-order valence-corrected chi connectivity index (χ3v) is 4.37. The molecule has 0 bridgehead atoms. The van der Waals surface area contributed by atoms with Gasteiger partial charge in [0.1, 0.15) is 0 Å². The van der Waals surface area contributed by atoms with Crippen LogP contribution >= 0.6 is 0 Å². The van der Waals surface area contributed by atoms with Crippen molar-refractivity contribution in [3.05, 3.63) is 0 Å². The van der Waals surface area contributed by atoms with E-state index in [1.165, 1.54) is 38.8 Å². The number of hydrogen-bond donors (Lipinski definition) is 2. The van der Waals surface area contributed by atoms with Crippen molar-refractivity contribution in [2.24, 2.45) is 5.92 Å². The van der Waals surface area contributed by atoms with E-state index < -0.39 is 0 Å². The van der Waals surface area contributed by atoms with E-state index in [2.05, 4.69) is 15.5 Å². The molecule has 3 aliphatic rings. The lowest BCUT2D eigenvalue weighted by Gasteiger charge is -2.21. The van der Waals surface area contributed by atoms with Gasteiger partial charge in [-0.25, -0.2) is 0 Å². The topological polar surface area (TPSA) is 44.4 Å². The number of fused-ring (bicyclic) bond motifs is 1. The summed E-state index contributed by atoms with van der Waals surface area (Å²) >= 11 is 0. The zero-order chi connectivity index (χ0) is 11.7. The number of carbonyl (C=O) groups excluding carboxylic acids is 1. The second-order valence-electron chi connectivity index (χ2n) is 5.78. The highest BCUT2D eigenvalue weighted by Crippen LogP contribution is 2.28. The van der Waals surface area contributed by atoms with E-state index in [4.69, 9.17) is 0 Å². The van der Waals surface area contributed by atoms with Crippen molar-refractivity contribution >= 4 is 5.91 Å². The van der Waals surface area contributed by atoms with E-state index >= 15 is 0 Å². The van der Waals surface area contributed by atoms with Crippen LogP contribution in [-0.2, 0) is 4.79 Å². The highest BCUT2D eigenvalue weighted by atomic mass is 16.2. The Labute approximate surface area is 103 Å². The maximum Gasteiger partial charge on any atom is 0.234 e. The second-order valence-corrected chi connectivity index (χ2v) is 5.78. The van der Waals surface area contributed by atoms with Crippen LogP contribution in [0.2, 0.25) is 0 Å². The van der Waals surface area contributed by atoms with Crippen LogP contribution in [0.5, 0.6) is 0 Å². The van der Waals surface area contributed by atoms with E-state index in [0.29, 0.717) is 18.6 Å². The molecule has 2 atom stereocenters. The van der Waals surface area contributed by atoms with Gasteiger partial charge in [-0.3, -0.25) is 9.69 Å².